The Morgan fingerprint density at radius 2 is 2.36 bits per heavy atom. The van der Waals surface area contributed by atoms with Gasteiger partial charge in [-0.15, -0.1) is 0 Å². The summed E-state index contributed by atoms with van der Waals surface area (Å²) >= 11 is 1.54. The first-order chi connectivity index (χ1) is 11.9. The summed E-state index contributed by atoms with van der Waals surface area (Å²) < 4.78 is 5.73. The molecule has 0 bridgehead atoms. The molecule has 0 fully saturated rings. The van der Waals surface area contributed by atoms with E-state index in [1.54, 1.807) is 6.20 Å². The molecule has 8 heteroatoms. The zero-order valence-corrected chi connectivity index (χ0v) is 15.4. The second-order valence-corrected chi connectivity index (χ2v) is 8.03. The lowest BCUT2D eigenvalue weighted by Gasteiger charge is -2.17. The van der Waals surface area contributed by atoms with Crippen LogP contribution < -0.4 is 16.0 Å². The number of carbonyl (C=O) groups is 1. The standard InChI is InChI=1S/C17H23N5O2S/c1-17(2,3)13-9-19-15(24-13)5-4-12-8-20-16(25-12)21-14(23)10-22-7-6-18-11-22/h4-9,16,18,20H,10-11H2,1-3H3,(H,21,23)/b5-4-. The molecule has 1 aromatic heterocycles. The van der Waals surface area contributed by atoms with Crippen molar-refractivity contribution in [1.29, 1.82) is 0 Å². The van der Waals surface area contributed by atoms with Crippen molar-refractivity contribution in [3.8, 4) is 0 Å². The van der Waals surface area contributed by atoms with Crippen molar-refractivity contribution in [2.75, 3.05) is 13.2 Å². The summed E-state index contributed by atoms with van der Waals surface area (Å²) in [4.78, 5) is 19.2. The summed E-state index contributed by atoms with van der Waals surface area (Å²) in [6.45, 7) is 7.25. The minimum absolute atomic E-state index is 0.0282. The van der Waals surface area contributed by atoms with Gasteiger partial charge in [0.1, 0.15) is 5.76 Å². The molecule has 0 aromatic carbocycles. The molecule has 3 heterocycles. The van der Waals surface area contributed by atoms with Gasteiger partial charge in [0.2, 0.25) is 11.8 Å². The molecule has 1 amide bonds. The number of rotatable bonds is 5. The second kappa shape index (κ2) is 7.26. The molecule has 1 unspecified atom stereocenters. The van der Waals surface area contributed by atoms with Gasteiger partial charge in [-0.1, -0.05) is 32.5 Å². The number of allylic oxidation sites excluding steroid dienone is 1. The Bertz CT molecular complexity index is 717. The van der Waals surface area contributed by atoms with Crippen LogP contribution in [0.15, 0.2) is 40.2 Å². The molecule has 0 spiro atoms. The molecule has 0 saturated carbocycles. The fourth-order valence-corrected chi connectivity index (χ4v) is 3.13. The van der Waals surface area contributed by atoms with Crippen molar-refractivity contribution in [3.63, 3.8) is 0 Å². The molecular weight excluding hydrogens is 338 g/mol. The second-order valence-electron chi connectivity index (χ2n) is 6.85. The summed E-state index contributed by atoms with van der Waals surface area (Å²) in [6, 6.07) is 0. The van der Waals surface area contributed by atoms with Gasteiger partial charge in [-0.3, -0.25) is 4.79 Å². The molecule has 1 atom stereocenters. The number of aromatic nitrogens is 1. The highest BCUT2D eigenvalue weighted by Crippen LogP contribution is 2.27. The molecule has 2 aliphatic heterocycles. The third-order valence-electron chi connectivity index (χ3n) is 3.62. The summed E-state index contributed by atoms with van der Waals surface area (Å²) in [6.07, 6.45) is 11.1. The molecule has 3 N–H and O–H groups in total. The summed E-state index contributed by atoms with van der Waals surface area (Å²) in [5.41, 5.74) is -0.223. The number of hydrogen-bond donors (Lipinski definition) is 3. The van der Waals surface area contributed by atoms with Crippen molar-refractivity contribution in [2.24, 2.45) is 0 Å². The molecular formula is C17H23N5O2S. The van der Waals surface area contributed by atoms with Gasteiger partial charge in [0, 0.05) is 35.0 Å². The van der Waals surface area contributed by atoms with Gasteiger partial charge in [-0.2, -0.15) is 0 Å². The SMILES string of the molecule is CC(C)(C)c1cnc(/C=C\C2=CNC(NC(=O)CN3C=CNC3)S2)o1. The van der Waals surface area contributed by atoms with Gasteiger partial charge < -0.3 is 25.3 Å². The van der Waals surface area contributed by atoms with Crippen LogP contribution in [-0.2, 0) is 10.2 Å². The lowest BCUT2D eigenvalue weighted by atomic mass is 9.94. The van der Waals surface area contributed by atoms with E-state index in [2.05, 4.69) is 41.7 Å². The molecule has 3 rings (SSSR count). The normalized spacial score (nSPS) is 19.9. The number of carbonyl (C=O) groups excluding carboxylic acids is 1. The van der Waals surface area contributed by atoms with Crippen LogP contribution in [0, 0.1) is 0 Å². The lowest BCUT2D eigenvalue weighted by molar-refractivity contribution is -0.121. The monoisotopic (exact) mass is 361 g/mol. The van der Waals surface area contributed by atoms with Crippen LogP contribution in [0.1, 0.15) is 32.4 Å². The number of thioether (sulfide) groups is 1. The maximum Gasteiger partial charge on any atom is 0.241 e. The number of oxazole rings is 1. The fraction of sp³-hybridized carbons (Fsp3) is 0.412. The Morgan fingerprint density at radius 3 is 3.04 bits per heavy atom. The van der Waals surface area contributed by atoms with E-state index in [0.717, 1.165) is 10.7 Å². The van der Waals surface area contributed by atoms with Crippen molar-refractivity contribution >= 4 is 23.7 Å². The van der Waals surface area contributed by atoms with Crippen LogP contribution >= 0.6 is 11.8 Å². The van der Waals surface area contributed by atoms with E-state index in [-0.39, 0.29) is 16.8 Å². The lowest BCUT2D eigenvalue weighted by Crippen LogP contribution is -2.43. The van der Waals surface area contributed by atoms with Gasteiger partial charge in [-0.05, 0) is 6.08 Å². The Kier molecular flexibility index (Phi) is 5.08. The van der Waals surface area contributed by atoms with Crippen LogP contribution in [0.4, 0.5) is 0 Å². The summed E-state index contributed by atoms with van der Waals surface area (Å²) in [5, 5.41) is 9.12. The minimum atomic E-state index is -0.165. The molecule has 134 valence electrons. The largest absolute Gasteiger partial charge is 0.441 e. The molecule has 7 nitrogen and oxygen atoms in total. The average molecular weight is 361 g/mol. The minimum Gasteiger partial charge on any atom is -0.441 e. The van der Waals surface area contributed by atoms with Crippen molar-refractivity contribution in [2.45, 2.75) is 31.7 Å². The van der Waals surface area contributed by atoms with E-state index < -0.39 is 0 Å². The van der Waals surface area contributed by atoms with E-state index >= 15 is 0 Å². The highest BCUT2D eigenvalue weighted by molar-refractivity contribution is 8.04. The highest BCUT2D eigenvalue weighted by Gasteiger charge is 2.20. The van der Waals surface area contributed by atoms with E-state index in [4.69, 9.17) is 4.42 Å². The van der Waals surface area contributed by atoms with Gasteiger partial charge in [-0.25, -0.2) is 4.98 Å². The summed E-state index contributed by atoms with van der Waals surface area (Å²) in [7, 11) is 0. The van der Waals surface area contributed by atoms with Crippen LogP contribution in [0.3, 0.4) is 0 Å². The Labute approximate surface area is 151 Å². The van der Waals surface area contributed by atoms with Crippen LogP contribution in [-0.4, -0.2) is 34.5 Å². The number of hydrogen-bond acceptors (Lipinski definition) is 7. The zero-order chi connectivity index (χ0) is 17.9. The van der Waals surface area contributed by atoms with Crippen LogP contribution in [0.2, 0.25) is 0 Å². The van der Waals surface area contributed by atoms with Gasteiger partial charge in [0.15, 0.2) is 5.50 Å². The third kappa shape index (κ3) is 4.82. The zero-order valence-electron chi connectivity index (χ0n) is 14.6. The van der Waals surface area contributed by atoms with E-state index in [1.807, 2.05) is 35.7 Å². The quantitative estimate of drug-likeness (QED) is 0.739. The number of nitrogens with one attached hydrogen (secondary N) is 3. The smallest absolute Gasteiger partial charge is 0.241 e. The maximum absolute atomic E-state index is 12.0. The Morgan fingerprint density at radius 1 is 1.52 bits per heavy atom. The molecule has 1 aromatic rings. The van der Waals surface area contributed by atoms with Gasteiger partial charge >= 0.3 is 0 Å². The van der Waals surface area contributed by atoms with Crippen molar-refractivity contribution in [1.82, 2.24) is 25.8 Å². The topological polar surface area (TPSA) is 82.4 Å². The first-order valence-electron chi connectivity index (χ1n) is 8.11. The first kappa shape index (κ1) is 17.5. The van der Waals surface area contributed by atoms with Crippen molar-refractivity contribution in [3.05, 3.63) is 47.4 Å². The third-order valence-corrected chi connectivity index (χ3v) is 4.64. The molecule has 0 saturated heterocycles. The van der Waals surface area contributed by atoms with E-state index in [0.29, 0.717) is 19.1 Å². The maximum atomic E-state index is 12.0. The molecule has 25 heavy (non-hydrogen) atoms. The summed E-state index contributed by atoms with van der Waals surface area (Å²) in [5.74, 6) is 1.40. The van der Waals surface area contributed by atoms with Crippen LogP contribution in [0.5, 0.6) is 0 Å². The van der Waals surface area contributed by atoms with Gasteiger partial charge in [0.25, 0.3) is 0 Å². The molecule has 0 aliphatic carbocycles. The highest BCUT2D eigenvalue weighted by atomic mass is 32.2. The van der Waals surface area contributed by atoms with E-state index in [1.165, 1.54) is 11.8 Å². The predicted molar refractivity (Wildman–Crippen MR) is 98.8 cm³/mol. The fourth-order valence-electron chi connectivity index (χ4n) is 2.25. The number of nitrogens with zero attached hydrogens (tertiary/aromatic N) is 2. The van der Waals surface area contributed by atoms with Crippen LogP contribution in [0.25, 0.3) is 6.08 Å². The number of amides is 1. The Hall–Kier alpha value is -2.35. The molecule has 2 aliphatic rings. The molecule has 0 radical (unpaired) electrons. The Balaban J connectivity index is 1.46. The van der Waals surface area contributed by atoms with Crippen molar-refractivity contribution < 1.29 is 9.21 Å². The van der Waals surface area contributed by atoms with E-state index in [9.17, 15) is 4.79 Å². The predicted octanol–water partition coefficient (Wildman–Crippen LogP) is 1.90. The average Bonchev–Trinajstić information content (AvgIpc) is 3.25. The first-order valence-corrected chi connectivity index (χ1v) is 8.99. The van der Waals surface area contributed by atoms with Gasteiger partial charge in [0.05, 0.1) is 19.4 Å².